The maximum Gasteiger partial charge on any atom is 0.222 e. The van der Waals surface area contributed by atoms with Gasteiger partial charge in [-0.1, -0.05) is 60.2 Å². The van der Waals surface area contributed by atoms with Crippen LogP contribution in [0, 0.1) is 6.92 Å². The number of amides is 2. The third-order valence-electron chi connectivity index (χ3n) is 5.33. The highest BCUT2D eigenvalue weighted by Gasteiger charge is 2.23. The van der Waals surface area contributed by atoms with Crippen molar-refractivity contribution in [3.8, 4) is 0 Å². The van der Waals surface area contributed by atoms with Crippen molar-refractivity contribution in [2.45, 2.75) is 32.4 Å². The van der Waals surface area contributed by atoms with Crippen molar-refractivity contribution in [3.05, 3.63) is 71.3 Å². The fourth-order valence-electron chi connectivity index (χ4n) is 3.70. The first kappa shape index (κ1) is 22.0. The number of benzene rings is 2. The molecule has 0 bridgehead atoms. The predicted octanol–water partition coefficient (Wildman–Crippen LogP) is 2.75. The first-order valence-corrected chi connectivity index (χ1v) is 10.5. The third kappa shape index (κ3) is 6.68. The summed E-state index contributed by atoms with van der Waals surface area (Å²) < 4.78 is 5.45. The van der Waals surface area contributed by atoms with Crippen molar-refractivity contribution in [2.75, 3.05) is 32.8 Å². The van der Waals surface area contributed by atoms with Gasteiger partial charge in [0.25, 0.3) is 0 Å². The topological polar surface area (TPSA) is 70.7 Å². The molecule has 0 radical (unpaired) electrons. The number of morpholine rings is 1. The van der Waals surface area contributed by atoms with E-state index in [0.29, 0.717) is 13.2 Å². The molecule has 6 nitrogen and oxygen atoms in total. The molecule has 1 heterocycles. The molecule has 0 spiro atoms. The summed E-state index contributed by atoms with van der Waals surface area (Å²) in [5.74, 6) is -0.239. The molecule has 30 heavy (non-hydrogen) atoms. The normalized spacial score (nSPS) is 16.5. The minimum Gasteiger partial charge on any atom is -0.379 e. The van der Waals surface area contributed by atoms with Gasteiger partial charge in [0, 0.05) is 26.6 Å². The van der Waals surface area contributed by atoms with E-state index in [-0.39, 0.29) is 30.3 Å². The molecule has 160 valence electrons. The van der Waals surface area contributed by atoms with E-state index < -0.39 is 0 Å². The molecule has 1 fully saturated rings. The molecule has 1 aliphatic heterocycles. The first-order valence-electron chi connectivity index (χ1n) is 10.5. The highest BCUT2D eigenvalue weighted by Crippen LogP contribution is 2.20. The number of hydrogen-bond donors (Lipinski definition) is 2. The van der Waals surface area contributed by atoms with Gasteiger partial charge in [-0.25, -0.2) is 0 Å². The highest BCUT2D eigenvalue weighted by atomic mass is 16.5. The van der Waals surface area contributed by atoms with Crippen molar-refractivity contribution in [3.63, 3.8) is 0 Å². The predicted molar refractivity (Wildman–Crippen MR) is 117 cm³/mol. The van der Waals surface area contributed by atoms with Crippen molar-refractivity contribution in [2.24, 2.45) is 0 Å². The quantitative estimate of drug-likeness (QED) is 0.703. The third-order valence-corrected chi connectivity index (χ3v) is 5.33. The average molecular weight is 410 g/mol. The Morgan fingerprint density at radius 3 is 2.20 bits per heavy atom. The Hall–Kier alpha value is -2.70. The molecule has 2 atom stereocenters. The van der Waals surface area contributed by atoms with Gasteiger partial charge >= 0.3 is 0 Å². The van der Waals surface area contributed by atoms with E-state index in [4.69, 9.17) is 4.74 Å². The molecular weight excluding hydrogens is 378 g/mol. The Bertz CT molecular complexity index is 817. The standard InChI is InChI=1S/C24H31N3O3/c1-18-8-10-21(11-9-18)23(17-27-12-14-30-15-13-27)26-24(29)16-22(25-19(2)28)20-6-4-3-5-7-20/h3-11,22-23H,12-17H2,1-2H3,(H,25,28)(H,26,29)/t22-,23+/m0/s1. The zero-order valence-corrected chi connectivity index (χ0v) is 17.8. The second-order valence-corrected chi connectivity index (χ2v) is 7.81. The number of carbonyl (C=O) groups excluding carboxylic acids is 2. The number of nitrogens with zero attached hydrogens (tertiary/aromatic N) is 1. The number of carbonyl (C=O) groups is 2. The van der Waals surface area contributed by atoms with Crippen LogP contribution < -0.4 is 10.6 Å². The fourth-order valence-corrected chi connectivity index (χ4v) is 3.70. The minimum atomic E-state index is -0.356. The van der Waals surface area contributed by atoms with Crippen LogP contribution in [0.25, 0.3) is 0 Å². The van der Waals surface area contributed by atoms with E-state index in [9.17, 15) is 9.59 Å². The Morgan fingerprint density at radius 2 is 1.57 bits per heavy atom. The second-order valence-electron chi connectivity index (χ2n) is 7.81. The number of nitrogens with one attached hydrogen (secondary N) is 2. The summed E-state index contributed by atoms with van der Waals surface area (Å²) in [4.78, 5) is 27.0. The minimum absolute atomic E-state index is 0.0866. The van der Waals surface area contributed by atoms with Gasteiger partial charge in [-0.2, -0.15) is 0 Å². The Balaban J connectivity index is 1.72. The van der Waals surface area contributed by atoms with Crippen LogP contribution in [0.4, 0.5) is 0 Å². The summed E-state index contributed by atoms with van der Waals surface area (Å²) in [5, 5.41) is 6.10. The maximum atomic E-state index is 13.0. The van der Waals surface area contributed by atoms with Crippen molar-refractivity contribution < 1.29 is 14.3 Å². The van der Waals surface area contributed by atoms with Gasteiger partial charge in [-0.3, -0.25) is 14.5 Å². The monoisotopic (exact) mass is 409 g/mol. The molecule has 0 aromatic heterocycles. The van der Waals surface area contributed by atoms with Crippen LogP contribution in [-0.4, -0.2) is 49.6 Å². The molecule has 0 aliphatic carbocycles. The summed E-state index contributed by atoms with van der Waals surface area (Å²) in [6, 6.07) is 17.4. The van der Waals surface area contributed by atoms with Gasteiger partial charge in [0.05, 0.1) is 31.7 Å². The number of hydrogen-bond acceptors (Lipinski definition) is 4. The molecule has 3 rings (SSSR count). The molecule has 2 amide bonds. The number of aryl methyl sites for hydroxylation is 1. The first-order chi connectivity index (χ1) is 14.5. The van der Waals surface area contributed by atoms with Crippen molar-refractivity contribution in [1.29, 1.82) is 0 Å². The van der Waals surface area contributed by atoms with Crippen LogP contribution in [-0.2, 0) is 14.3 Å². The molecule has 1 aliphatic rings. The van der Waals surface area contributed by atoms with Gasteiger partial charge in [0.1, 0.15) is 0 Å². The summed E-state index contributed by atoms with van der Waals surface area (Å²) in [6.45, 7) is 7.40. The Morgan fingerprint density at radius 1 is 0.933 bits per heavy atom. The summed E-state index contributed by atoms with van der Waals surface area (Å²) in [6.07, 6.45) is 0.190. The maximum absolute atomic E-state index is 13.0. The Kier molecular flexibility index (Phi) is 7.99. The molecule has 0 saturated carbocycles. The second kappa shape index (κ2) is 10.9. The van der Waals surface area contributed by atoms with E-state index in [0.717, 1.165) is 30.8 Å². The van der Waals surface area contributed by atoms with E-state index in [2.05, 4.69) is 46.7 Å². The zero-order valence-electron chi connectivity index (χ0n) is 17.8. The lowest BCUT2D eigenvalue weighted by molar-refractivity contribution is -0.123. The van der Waals surface area contributed by atoms with Crippen LogP contribution in [0.3, 0.4) is 0 Å². The van der Waals surface area contributed by atoms with Gasteiger partial charge in [0.15, 0.2) is 0 Å². The SMILES string of the molecule is CC(=O)N[C@@H](CC(=O)N[C@H](CN1CCOCC1)c1ccc(C)cc1)c1ccccc1. The van der Waals surface area contributed by atoms with Crippen LogP contribution in [0.1, 0.15) is 42.1 Å². The van der Waals surface area contributed by atoms with E-state index in [1.807, 2.05) is 30.3 Å². The van der Waals surface area contributed by atoms with Gasteiger partial charge in [0.2, 0.25) is 11.8 Å². The van der Waals surface area contributed by atoms with Gasteiger partial charge in [-0.05, 0) is 18.1 Å². The fraction of sp³-hybridized carbons (Fsp3) is 0.417. The summed E-state index contributed by atoms with van der Waals surface area (Å²) in [7, 11) is 0. The van der Waals surface area contributed by atoms with E-state index in [1.165, 1.54) is 12.5 Å². The lowest BCUT2D eigenvalue weighted by atomic mass is 10.0. The van der Waals surface area contributed by atoms with Crippen LogP contribution >= 0.6 is 0 Å². The number of ether oxygens (including phenoxy) is 1. The van der Waals surface area contributed by atoms with Gasteiger partial charge < -0.3 is 15.4 Å². The summed E-state index contributed by atoms with van der Waals surface area (Å²) >= 11 is 0. The zero-order chi connectivity index (χ0) is 21.3. The number of rotatable bonds is 8. The lowest BCUT2D eigenvalue weighted by Gasteiger charge is -2.31. The van der Waals surface area contributed by atoms with Crippen molar-refractivity contribution in [1.82, 2.24) is 15.5 Å². The summed E-state index contributed by atoms with van der Waals surface area (Å²) in [5.41, 5.74) is 3.18. The van der Waals surface area contributed by atoms with E-state index in [1.54, 1.807) is 0 Å². The highest BCUT2D eigenvalue weighted by molar-refractivity contribution is 5.79. The van der Waals surface area contributed by atoms with Crippen LogP contribution in [0.2, 0.25) is 0 Å². The smallest absolute Gasteiger partial charge is 0.222 e. The molecule has 0 unspecified atom stereocenters. The molecule has 2 aromatic rings. The van der Waals surface area contributed by atoms with Gasteiger partial charge in [-0.15, -0.1) is 0 Å². The molecule has 2 N–H and O–H groups in total. The van der Waals surface area contributed by atoms with E-state index >= 15 is 0 Å². The largest absolute Gasteiger partial charge is 0.379 e. The average Bonchev–Trinajstić information content (AvgIpc) is 2.74. The molecule has 1 saturated heterocycles. The van der Waals surface area contributed by atoms with Crippen LogP contribution in [0.15, 0.2) is 54.6 Å². The molecule has 6 heteroatoms. The molecular formula is C24H31N3O3. The van der Waals surface area contributed by atoms with Crippen molar-refractivity contribution >= 4 is 11.8 Å². The molecule has 2 aromatic carbocycles. The van der Waals surface area contributed by atoms with Crippen LogP contribution in [0.5, 0.6) is 0 Å². The Labute approximate surface area is 178 Å². The lowest BCUT2D eigenvalue weighted by Crippen LogP contribution is -2.43.